The van der Waals surface area contributed by atoms with Gasteiger partial charge >= 0.3 is 24.1 Å². The van der Waals surface area contributed by atoms with E-state index >= 15 is 0 Å². The highest BCUT2D eigenvalue weighted by atomic mass is 19.4. The van der Waals surface area contributed by atoms with Crippen molar-refractivity contribution in [2.45, 2.75) is 45.0 Å². The fraction of sp³-hybridized carbons (Fsp3) is 0.348. The van der Waals surface area contributed by atoms with Gasteiger partial charge in [-0.1, -0.05) is 24.3 Å². The van der Waals surface area contributed by atoms with Gasteiger partial charge in [0.05, 0.1) is 12.8 Å². The van der Waals surface area contributed by atoms with Crippen LogP contribution in [0.15, 0.2) is 48.5 Å². The third kappa shape index (κ3) is 8.30. The molecule has 2 rings (SSSR count). The Morgan fingerprint density at radius 2 is 1.59 bits per heavy atom. The summed E-state index contributed by atoms with van der Waals surface area (Å²) in [6.07, 6.45) is -5.73. The van der Waals surface area contributed by atoms with Crippen LogP contribution in [-0.4, -0.2) is 42.9 Å². The summed E-state index contributed by atoms with van der Waals surface area (Å²) in [5, 5.41) is 4.23. The van der Waals surface area contributed by atoms with E-state index in [1.54, 1.807) is 38.2 Å². The van der Waals surface area contributed by atoms with Crippen LogP contribution in [0.5, 0.6) is 11.5 Å². The van der Waals surface area contributed by atoms with E-state index in [-0.39, 0.29) is 23.6 Å². The quantitative estimate of drug-likeness (QED) is 0.560. The molecule has 0 aliphatic heterocycles. The number of alkyl carbamates (subject to hydrolysis) is 1. The number of carbonyl (C=O) groups is 3. The topological polar surface area (TPSA) is 103 Å². The Hall–Kier alpha value is -3.76. The van der Waals surface area contributed by atoms with Crippen molar-refractivity contribution >= 4 is 23.7 Å². The van der Waals surface area contributed by atoms with Crippen LogP contribution in [0.4, 0.5) is 23.7 Å². The molecule has 1 atom stereocenters. The zero-order valence-electron chi connectivity index (χ0n) is 19.0. The van der Waals surface area contributed by atoms with Crippen LogP contribution < -0.4 is 15.4 Å². The van der Waals surface area contributed by atoms with Gasteiger partial charge in [0.1, 0.15) is 17.4 Å². The van der Waals surface area contributed by atoms with E-state index < -0.39 is 35.8 Å². The third-order valence-corrected chi connectivity index (χ3v) is 4.16. The van der Waals surface area contributed by atoms with E-state index in [4.69, 9.17) is 14.2 Å². The number of ether oxygens (including phenoxy) is 3. The van der Waals surface area contributed by atoms with Gasteiger partial charge in [0.15, 0.2) is 5.75 Å². The molecule has 0 saturated heterocycles. The van der Waals surface area contributed by atoms with Gasteiger partial charge in [-0.3, -0.25) is 4.79 Å². The molecule has 0 unspecified atom stereocenters. The summed E-state index contributed by atoms with van der Waals surface area (Å²) in [5.41, 5.74) is -0.266. The Labute approximate surface area is 194 Å². The smallest absolute Gasteiger partial charge is 0.467 e. The van der Waals surface area contributed by atoms with E-state index in [2.05, 4.69) is 5.32 Å². The zero-order chi connectivity index (χ0) is 25.5. The number of esters is 1. The summed E-state index contributed by atoms with van der Waals surface area (Å²) >= 11 is 0. The molecule has 0 fully saturated rings. The number of nitrogens with one attached hydrogen (secondary N) is 2. The Bertz CT molecular complexity index is 1020. The minimum atomic E-state index is -5.04. The van der Waals surface area contributed by atoms with Crippen LogP contribution in [0.25, 0.3) is 0 Å². The normalized spacial score (nSPS) is 12.3. The van der Waals surface area contributed by atoms with Gasteiger partial charge in [-0.05, 0) is 50.6 Å². The molecule has 184 valence electrons. The summed E-state index contributed by atoms with van der Waals surface area (Å²) in [6.45, 7) is 5.06. The molecule has 34 heavy (non-hydrogen) atoms. The lowest BCUT2D eigenvalue weighted by Gasteiger charge is -2.22. The molecule has 2 N–H and O–H groups in total. The molecule has 8 nitrogen and oxygen atoms in total. The average molecular weight is 482 g/mol. The van der Waals surface area contributed by atoms with Gasteiger partial charge in [0, 0.05) is 6.42 Å². The molecule has 0 spiro atoms. The first-order valence-corrected chi connectivity index (χ1v) is 10.1. The molecule has 0 bridgehead atoms. The van der Waals surface area contributed by atoms with Gasteiger partial charge < -0.3 is 24.8 Å². The van der Waals surface area contributed by atoms with E-state index in [1.165, 1.54) is 43.5 Å². The van der Waals surface area contributed by atoms with Crippen LogP contribution in [0, 0.1) is 0 Å². The number of alkyl halides is 3. The number of amides is 2. The summed E-state index contributed by atoms with van der Waals surface area (Å²) in [5.74, 6) is -2.51. The molecule has 0 aromatic heterocycles. The number of anilines is 1. The number of rotatable bonds is 7. The highest BCUT2D eigenvalue weighted by Gasteiger charge is 2.39. The summed E-state index contributed by atoms with van der Waals surface area (Å²) < 4.78 is 53.2. The summed E-state index contributed by atoms with van der Waals surface area (Å²) in [7, 11) is 1.19. The maximum Gasteiger partial charge on any atom is 0.471 e. The lowest BCUT2D eigenvalue weighted by atomic mass is 10.1. The van der Waals surface area contributed by atoms with Gasteiger partial charge in [-0.2, -0.15) is 13.2 Å². The molecule has 0 heterocycles. The number of para-hydroxylation sites is 2. The fourth-order valence-electron chi connectivity index (χ4n) is 2.69. The van der Waals surface area contributed by atoms with Crippen LogP contribution in [0.2, 0.25) is 0 Å². The van der Waals surface area contributed by atoms with Crippen LogP contribution in [0.1, 0.15) is 26.3 Å². The number of halogens is 3. The van der Waals surface area contributed by atoms with Crippen LogP contribution in [0.3, 0.4) is 0 Å². The molecule has 0 aliphatic carbocycles. The molecule has 0 saturated carbocycles. The molecule has 0 radical (unpaired) electrons. The Morgan fingerprint density at radius 1 is 0.971 bits per heavy atom. The maximum atomic E-state index is 12.6. The van der Waals surface area contributed by atoms with Crippen molar-refractivity contribution in [1.82, 2.24) is 5.32 Å². The predicted octanol–water partition coefficient (Wildman–Crippen LogP) is 4.59. The highest BCUT2D eigenvalue weighted by molar-refractivity contribution is 5.96. The summed E-state index contributed by atoms with van der Waals surface area (Å²) in [4.78, 5) is 35.4. The Balaban J connectivity index is 2.10. The molecular weight excluding hydrogens is 457 g/mol. The molecule has 11 heteroatoms. The lowest BCUT2D eigenvalue weighted by Crippen LogP contribution is -2.45. The molecular formula is C23H25F3N2O6. The van der Waals surface area contributed by atoms with Gasteiger partial charge in [-0.15, -0.1) is 0 Å². The van der Waals surface area contributed by atoms with Gasteiger partial charge in [0.25, 0.3) is 0 Å². The minimum absolute atomic E-state index is 0.00637. The number of hydrogen-bond acceptors (Lipinski definition) is 6. The number of hydrogen-bond donors (Lipinski definition) is 2. The first-order chi connectivity index (χ1) is 15.8. The van der Waals surface area contributed by atoms with E-state index in [1.807, 2.05) is 0 Å². The van der Waals surface area contributed by atoms with Gasteiger partial charge in [-0.25, -0.2) is 9.59 Å². The minimum Gasteiger partial charge on any atom is -0.467 e. The SMILES string of the molecule is COC(=O)[C@H](Cc1ccc(Oc2ccccc2NC(=O)C(F)(F)F)cc1)NC(=O)OC(C)(C)C. The van der Waals surface area contributed by atoms with Crippen LogP contribution >= 0.6 is 0 Å². The second-order valence-electron chi connectivity index (χ2n) is 8.12. The first kappa shape index (κ1) is 26.5. The van der Waals surface area contributed by atoms with Crippen molar-refractivity contribution < 1.29 is 41.8 Å². The summed E-state index contributed by atoms with van der Waals surface area (Å²) in [6, 6.07) is 10.9. The van der Waals surface area contributed by atoms with Crippen molar-refractivity contribution in [2.24, 2.45) is 0 Å². The number of methoxy groups -OCH3 is 1. The number of carbonyl (C=O) groups excluding carboxylic acids is 3. The molecule has 2 aromatic rings. The molecule has 0 aliphatic rings. The largest absolute Gasteiger partial charge is 0.471 e. The van der Waals surface area contributed by atoms with Crippen LogP contribution in [-0.2, 0) is 25.5 Å². The highest BCUT2D eigenvalue weighted by Crippen LogP contribution is 2.31. The standard InChI is InChI=1S/C23H25F3N2O6/c1-22(2,3)34-21(31)28-17(19(29)32-4)13-14-9-11-15(12-10-14)33-18-8-6-5-7-16(18)27-20(30)23(24,25)26/h5-12,17H,13H2,1-4H3,(H,27,30)(H,28,31)/t17-/m0/s1. The average Bonchev–Trinajstić information content (AvgIpc) is 2.73. The molecule has 2 amide bonds. The van der Waals surface area contributed by atoms with E-state index in [0.29, 0.717) is 5.56 Å². The Morgan fingerprint density at radius 3 is 2.15 bits per heavy atom. The lowest BCUT2D eigenvalue weighted by molar-refractivity contribution is -0.167. The fourth-order valence-corrected chi connectivity index (χ4v) is 2.69. The second kappa shape index (κ2) is 10.9. The Kier molecular flexibility index (Phi) is 8.50. The molecule has 2 aromatic carbocycles. The van der Waals surface area contributed by atoms with E-state index in [9.17, 15) is 27.6 Å². The maximum absolute atomic E-state index is 12.6. The zero-order valence-corrected chi connectivity index (χ0v) is 19.0. The van der Waals surface area contributed by atoms with Crippen molar-refractivity contribution in [2.75, 3.05) is 12.4 Å². The third-order valence-electron chi connectivity index (χ3n) is 4.16. The predicted molar refractivity (Wildman–Crippen MR) is 117 cm³/mol. The van der Waals surface area contributed by atoms with Crippen molar-refractivity contribution in [3.63, 3.8) is 0 Å². The van der Waals surface area contributed by atoms with Crippen molar-refractivity contribution in [3.8, 4) is 11.5 Å². The second-order valence-corrected chi connectivity index (χ2v) is 8.12. The van der Waals surface area contributed by atoms with Crippen molar-refractivity contribution in [3.05, 3.63) is 54.1 Å². The van der Waals surface area contributed by atoms with Crippen molar-refractivity contribution in [1.29, 1.82) is 0 Å². The van der Waals surface area contributed by atoms with Gasteiger partial charge in [0.2, 0.25) is 0 Å². The first-order valence-electron chi connectivity index (χ1n) is 10.1. The monoisotopic (exact) mass is 482 g/mol. The van der Waals surface area contributed by atoms with E-state index in [0.717, 1.165) is 0 Å². The number of benzene rings is 2.